The fourth-order valence-electron chi connectivity index (χ4n) is 1.78. The van der Waals surface area contributed by atoms with Crippen molar-refractivity contribution in [1.29, 1.82) is 0 Å². The number of halogens is 4. The van der Waals surface area contributed by atoms with Crippen LogP contribution < -0.4 is 15.2 Å². The van der Waals surface area contributed by atoms with Crippen molar-refractivity contribution in [2.45, 2.75) is 25.2 Å². The van der Waals surface area contributed by atoms with Gasteiger partial charge in [0.1, 0.15) is 6.04 Å². The van der Waals surface area contributed by atoms with E-state index < -0.39 is 41.3 Å². The highest BCUT2D eigenvalue weighted by atomic mass is 19.3. The lowest BCUT2D eigenvalue weighted by Crippen LogP contribution is -2.42. The first-order valence-corrected chi connectivity index (χ1v) is 5.88. The first-order chi connectivity index (χ1) is 9.69. The molecule has 1 heterocycles. The van der Waals surface area contributed by atoms with Gasteiger partial charge >= 0.3 is 18.2 Å². The molecule has 0 unspecified atom stereocenters. The van der Waals surface area contributed by atoms with Gasteiger partial charge in [-0.2, -0.15) is 8.78 Å². The van der Waals surface area contributed by atoms with Crippen LogP contribution in [-0.2, 0) is 9.53 Å². The molecule has 0 saturated carbocycles. The molecule has 2 rings (SSSR count). The van der Waals surface area contributed by atoms with E-state index in [2.05, 4.69) is 14.2 Å². The van der Waals surface area contributed by atoms with Crippen LogP contribution in [-0.4, -0.2) is 24.8 Å². The molecule has 0 fully saturated rings. The van der Waals surface area contributed by atoms with E-state index in [1.54, 1.807) is 0 Å². The van der Waals surface area contributed by atoms with Crippen molar-refractivity contribution in [3.05, 3.63) is 23.8 Å². The molecule has 116 valence electrons. The Kier molecular flexibility index (Phi) is 3.70. The smallest absolute Gasteiger partial charge is 0.462 e. The summed E-state index contributed by atoms with van der Waals surface area (Å²) >= 11 is 0. The molecule has 0 aliphatic carbocycles. The van der Waals surface area contributed by atoms with E-state index in [1.807, 2.05) is 0 Å². The molecule has 0 bridgehead atoms. The highest BCUT2D eigenvalue weighted by Gasteiger charge is 2.51. The zero-order valence-electron chi connectivity index (χ0n) is 10.7. The van der Waals surface area contributed by atoms with Gasteiger partial charge in [0, 0.05) is 5.56 Å². The number of carbonyl (C=O) groups excluding carboxylic acids is 1. The maximum atomic E-state index is 13.9. The number of carbonyl (C=O) groups is 1. The molecular weight excluding hydrogens is 298 g/mol. The van der Waals surface area contributed by atoms with E-state index in [0.717, 1.165) is 12.1 Å². The molecule has 0 radical (unpaired) electrons. The lowest BCUT2D eigenvalue weighted by atomic mass is 10.00. The Bertz CT molecular complexity index is 564. The SMILES string of the molecule is CCOC(=O)C(F)(F)[C@@H](N)c1cccc2c1OC(F)(F)O2. The topological polar surface area (TPSA) is 70.8 Å². The van der Waals surface area contributed by atoms with Gasteiger partial charge in [0.25, 0.3) is 0 Å². The first kappa shape index (κ1) is 15.4. The molecule has 0 aromatic heterocycles. The maximum Gasteiger partial charge on any atom is 0.586 e. The fraction of sp³-hybridized carbons (Fsp3) is 0.417. The number of esters is 1. The Balaban J connectivity index is 2.36. The van der Waals surface area contributed by atoms with Gasteiger partial charge in [0.05, 0.1) is 6.61 Å². The molecule has 21 heavy (non-hydrogen) atoms. The van der Waals surface area contributed by atoms with Gasteiger partial charge in [-0.25, -0.2) is 4.79 Å². The predicted molar refractivity (Wildman–Crippen MR) is 61.2 cm³/mol. The molecule has 2 N–H and O–H groups in total. The Morgan fingerprint density at radius 2 is 2.10 bits per heavy atom. The second kappa shape index (κ2) is 5.06. The molecule has 1 aliphatic rings. The maximum absolute atomic E-state index is 13.9. The summed E-state index contributed by atoms with van der Waals surface area (Å²) in [5.74, 6) is -7.01. The molecular formula is C12H11F4NO4. The molecule has 1 atom stereocenters. The van der Waals surface area contributed by atoms with Crippen LogP contribution in [0.2, 0.25) is 0 Å². The number of rotatable bonds is 4. The normalized spacial score (nSPS) is 17.4. The van der Waals surface area contributed by atoms with E-state index in [-0.39, 0.29) is 6.61 Å². The zero-order chi connectivity index (χ0) is 15.8. The average molecular weight is 309 g/mol. The highest BCUT2D eigenvalue weighted by molar-refractivity contribution is 5.79. The third-order valence-electron chi connectivity index (χ3n) is 2.73. The number of hydrogen-bond donors (Lipinski definition) is 1. The molecule has 5 nitrogen and oxygen atoms in total. The molecule has 9 heteroatoms. The number of para-hydroxylation sites is 1. The number of fused-ring (bicyclic) bond motifs is 1. The second-order valence-corrected chi connectivity index (χ2v) is 4.16. The number of ether oxygens (including phenoxy) is 3. The fourth-order valence-corrected chi connectivity index (χ4v) is 1.78. The van der Waals surface area contributed by atoms with Gasteiger partial charge in [-0.15, -0.1) is 8.78 Å². The van der Waals surface area contributed by atoms with Crippen LogP contribution >= 0.6 is 0 Å². The van der Waals surface area contributed by atoms with E-state index in [1.165, 1.54) is 13.0 Å². The molecule has 1 aliphatic heterocycles. The third kappa shape index (κ3) is 2.73. The van der Waals surface area contributed by atoms with E-state index in [0.29, 0.717) is 0 Å². The van der Waals surface area contributed by atoms with E-state index in [4.69, 9.17) is 5.73 Å². The number of benzene rings is 1. The number of hydrogen-bond acceptors (Lipinski definition) is 5. The monoisotopic (exact) mass is 309 g/mol. The summed E-state index contributed by atoms with van der Waals surface area (Å²) < 4.78 is 66.2. The minimum atomic E-state index is -4.10. The van der Waals surface area contributed by atoms with Gasteiger partial charge in [-0.05, 0) is 13.0 Å². The summed E-state index contributed by atoms with van der Waals surface area (Å²) in [6, 6.07) is 1.11. The Labute approximate surface area is 116 Å². The van der Waals surface area contributed by atoms with Crippen molar-refractivity contribution < 1.29 is 36.6 Å². The first-order valence-electron chi connectivity index (χ1n) is 5.88. The minimum Gasteiger partial charge on any atom is -0.462 e. The Morgan fingerprint density at radius 1 is 1.43 bits per heavy atom. The summed E-state index contributed by atoms with van der Waals surface area (Å²) in [6.45, 7) is 1.07. The van der Waals surface area contributed by atoms with Crippen molar-refractivity contribution in [3.8, 4) is 11.5 Å². The molecule has 0 saturated heterocycles. The standard InChI is InChI=1S/C12H11F4NO4/c1-2-19-10(18)11(13,14)9(17)6-4-3-5-7-8(6)21-12(15,16)20-7/h3-5,9H,2,17H2,1H3/t9-/m0/s1. The van der Waals surface area contributed by atoms with Gasteiger partial charge < -0.3 is 19.9 Å². The van der Waals surface area contributed by atoms with Crippen molar-refractivity contribution in [2.24, 2.45) is 5.73 Å². The van der Waals surface area contributed by atoms with Crippen LogP contribution in [0.4, 0.5) is 17.6 Å². The van der Waals surface area contributed by atoms with Crippen LogP contribution in [0.3, 0.4) is 0 Å². The minimum absolute atomic E-state index is 0.272. The number of nitrogens with two attached hydrogens (primary N) is 1. The average Bonchev–Trinajstić information content (AvgIpc) is 2.71. The molecule has 0 amide bonds. The lowest BCUT2D eigenvalue weighted by Gasteiger charge is -2.22. The highest BCUT2D eigenvalue weighted by Crippen LogP contribution is 2.47. The lowest BCUT2D eigenvalue weighted by molar-refractivity contribution is -0.287. The largest absolute Gasteiger partial charge is 0.586 e. The van der Waals surface area contributed by atoms with Gasteiger partial charge in [0.15, 0.2) is 11.5 Å². The van der Waals surface area contributed by atoms with Gasteiger partial charge in [0.2, 0.25) is 0 Å². The second-order valence-electron chi connectivity index (χ2n) is 4.16. The van der Waals surface area contributed by atoms with E-state index >= 15 is 0 Å². The van der Waals surface area contributed by atoms with Crippen LogP contribution in [0.5, 0.6) is 11.5 Å². The van der Waals surface area contributed by atoms with E-state index in [9.17, 15) is 22.4 Å². The van der Waals surface area contributed by atoms with Crippen molar-refractivity contribution in [2.75, 3.05) is 6.61 Å². The summed E-state index contributed by atoms with van der Waals surface area (Å²) in [7, 11) is 0. The Hall–Kier alpha value is -2.03. The van der Waals surface area contributed by atoms with Crippen LogP contribution in [0.25, 0.3) is 0 Å². The summed E-state index contributed by atoms with van der Waals surface area (Å²) in [5.41, 5.74) is 4.85. The van der Waals surface area contributed by atoms with Gasteiger partial charge in [-0.3, -0.25) is 0 Å². The Morgan fingerprint density at radius 3 is 2.71 bits per heavy atom. The molecule has 1 aromatic rings. The number of alkyl halides is 4. The van der Waals surface area contributed by atoms with Crippen molar-refractivity contribution >= 4 is 5.97 Å². The van der Waals surface area contributed by atoms with Crippen LogP contribution in [0.15, 0.2) is 18.2 Å². The van der Waals surface area contributed by atoms with Crippen molar-refractivity contribution in [3.63, 3.8) is 0 Å². The van der Waals surface area contributed by atoms with Gasteiger partial charge in [-0.1, -0.05) is 12.1 Å². The summed E-state index contributed by atoms with van der Waals surface area (Å²) in [4.78, 5) is 11.2. The molecule has 0 spiro atoms. The van der Waals surface area contributed by atoms with Crippen LogP contribution in [0, 0.1) is 0 Å². The summed E-state index contributed by atoms with van der Waals surface area (Å²) in [6.07, 6.45) is -3.97. The predicted octanol–water partition coefficient (Wildman–Crippen LogP) is 2.21. The molecule has 1 aromatic carbocycles. The van der Waals surface area contributed by atoms with Crippen LogP contribution in [0.1, 0.15) is 18.5 Å². The quantitative estimate of drug-likeness (QED) is 0.682. The van der Waals surface area contributed by atoms with Crippen molar-refractivity contribution in [1.82, 2.24) is 0 Å². The third-order valence-corrected chi connectivity index (χ3v) is 2.73. The zero-order valence-corrected chi connectivity index (χ0v) is 10.7. The summed E-state index contributed by atoms with van der Waals surface area (Å²) in [5, 5.41) is 0.